The van der Waals surface area contributed by atoms with Gasteiger partial charge in [-0.2, -0.15) is 0 Å². The zero-order valence-corrected chi connectivity index (χ0v) is 8.60. The van der Waals surface area contributed by atoms with Crippen molar-refractivity contribution in [2.24, 2.45) is 5.73 Å². The number of aromatic nitrogens is 1. The van der Waals surface area contributed by atoms with Crippen molar-refractivity contribution >= 4 is 11.6 Å². The van der Waals surface area contributed by atoms with Crippen LogP contribution in [-0.2, 0) is 0 Å². The van der Waals surface area contributed by atoms with Gasteiger partial charge in [0.25, 0.3) is 0 Å². The van der Waals surface area contributed by atoms with Gasteiger partial charge in [0.1, 0.15) is 0 Å². The van der Waals surface area contributed by atoms with Gasteiger partial charge in [-0.1, -0.05) is 17.7 Å². The molecule has 0 fully saturated rings. The fraction of sp³-hybridized carbons (Fsp3) is 0.300. The molecule has 1 aromatic heterocycles. The van der Waals surface area contributed by atoms with Crippen LogP contribution in [0.3, 0.4) is 0 Å². The molecule has 0 saturated carbocycles. The molecule has 1 aromatic rings. The lowest BCUT2D eigenvalue weighted by atomic mass is 10.1. The Balaban J connectivity index is 3.28. The molecule has 0 aromatic carbocycles. The molecular formula is C10H13ClN2. The molecule has 1 heterocycles. The molecule has 1 rings (SSSR count). The second-order valence-electron chi connectivity index (χ2n) is 3.01. The Bertz CT molecular complexity index is 311. The zero-order chi connectivity index (χ0) is 10.0. The summed E-state index contributed by atoms with van der Waals surface area (Å²) in [5, 5.41) is 0.664. The molecule has 0 aliphatic rings. The minimum atomic E-state index is -0.236. The molecule has 0 amide bonds. The van der Waals surface area contributed by atoms with E-state index in [9.17, 15) is 0 Å². The summed E-state index contributed by atoms with van der Waals surface area (Å²) >= 11 is 6.04. The molecule has 3 heteroatoms. The third kappa shape index (κ3) is 2.08. The van der Waals surface area contributed by atoms with Crippen LogP contribution >= 0.6 is 11.6 Å². The van der Waals surface area contributed by atoms with Gasteiger partial charge in [-0.05, 0) is 19.9 Å². The van der Waals surface area contributed by atoms with Crippen LogP contribution in [0.25, 0.3) is 0 Å². The molecule has 1 atom stereocenters. The molecule has 0 spiro atoms. The van der Waals surface area contributed by atoms with Crippen molar-refractivity contribution in [1.29, 1.82) is 0 Å². The summed E-state index contributed by atoms with van der Waals surface area (Å²) < 4.78 is 0. The summed E-state index contributed by atoms with van der Waals surface area (Å²) in [5.74, 6) is 0. The average Bonchev–Trinajstić information content (AvgIpc) is 2.02. The number of hydrogen-bond acceptors (Lipinski definition) is 2. The molecular weight excluding hydrogens is 184 g/mol. The van der Waals surface area contributed by atoms with Gasteiger partial charge in [0, 0.05) is 22.0 Å². The van der Waals surface area contributed by atoms with Crippen LogP contribution in [0.4, 0.5) is 0 Å². The van der Waals surface area contributed by atoms with Crippen LogP contribution in [0, 0.1) is 13.8 Å². The summed E-state index contributed by atoms with van der Waals surface area (Å²) in [6, 6.07) is 1.58. The Morgan fingerprint density at radius 3 is 2.69 bits per heavy atom. The number of nitrogens with zero attached hydrogens (tertiary/aromatic N) is 1. The lowest BCUT2D eigenvalue weighted by Gasteiger charge is -2.12. The fourth-order valence-corrected chi connectivity index (χ4v) is 1.73. The normalized spacial score (nSPS) is 12.6. The number of halogens is 1. The summed E-state index contributed by atoms with van der Waals surface area (Å²) in [5.41, 5.74) is 8.44. The first-order chi connectivity index (χ1) is 6.06. The Morgan fingerprint density at radius 1 is 1.62 bits per heavy atom. The van der Waals surface area contributed by atoms with Crippen molar-refractivity contribution in [2.45, 2.75) is 19.9 Å². The summed E-state index contributed by atoms with van der Waals surface area (Å²) in [6.45, 7) is 7.44. The van der Waals surface area contributed by atoms with Gasteiger partial charge in [-0.3, -0.25) is 4.98 Å². The van der Waals surface area contributed by atoms with Gasteiger partial charge in [-0.15, -0.1) is 6.58 Å². The highest BCUT2D eigenvalue weighted by atomic mass is 35.5. The summed E-state index contributed by atoms with van der Waals surface area (Å²) in [4.78, 5) is 4.29. The van der Waals surface area contributed by atoms with Gasteiger partial charge in [0.15, 0.2) is 0 Å². The van der Waals surface area contributed by atoms with Crippen molar-refractivity contribution < 1.29 is 0 Å². The van der Waals surface area contributed by atoms with E-state index in [1.165, 1.54) is 0 Å². The van der Waals surface area contributed by atoms with Crippen LogP contribution in [-0.4, -0.2) is 4.98 Å². The van der Waals surface area contributed by atoms with Crippen molar-refractivity contribution in [1.82, 2.24) is 4.98 Å². The van der Waals surface area contributed by atoms with Crippen molar-refractivity contribution in [3.05, 3.63) is 40.7 Å². The molecule has 0 saturated heterocycles. The third-order valence-corrected chi connectivity index (χ3v) is 2.23. The van der Waals surface area contributed by atoms with E-state index in [-0.39, 0.29) is 6.04 Å². The molecule has 0 radical (unpaired) electrons. The van der Waals surface area contributed by atoms with Crippen LogP contribution in [0.5, 0.6) is 0 Å². The second kappa shape index (κ2) is 3.90. The smallest absolute Gasteiger partial charge is 0.0511 e. The van der Waals surface area contributed by atoms with Gasteiger partial charge in [-0.25, -0.2) is 0 Å². The molecule has 0 bridgehead atoms. The van der Waals surface area contributed by atoms with Crippen LogP contribution in [0.1, 0.15) is 23.0 Å². The van der Waals surface area contributed by atoms with Crippen molar-refractivity contribution in [3.63, 3.8) is 0 Å². The first kappa shape index (κ1) is 10.2. The molecule has 2 nitrogen and oxygen atoms in total. The minimum absolute atomic E-state index is 0.236. The minimum Gasteiger partial charge on any atom is -0.321 e. The lowest BCUT2D eigenvalue weighted by molar-refractivity contribution is 0.879. The van der Waals surface area contributed by atoms with E-state index in [0.717, 1.165) is 17.0 Å². The molecule has 1 unspecified atom stereocenters. The zero-order valence-electron chi connectivity index (χ0n) is 7.84. The Kier molecular flexibility index (Phi) is 3.07. The topological polar surface area (TPSA) is 38.9 Å². The number of nitrogens with two attached hydrogens (primary N) is 1. The van der Waals surface area contributed by atoms with Crippen molar-refractivity contribution in [3.8, 4) is 0 Å². The van der Waals surface area contributed by atoms with E-state index in [4.69, 9.17) is 17.3 Å². The van der Waals surface area contributed by atoms with E-state index < -0.39 is 0 Å². The summed E-state index contributed by atoms with van der Waals surface area (Å²) in [6.07, 6.45) is 1.66. The maximum atomic E-state index is 6.04. The van der Waals surface area contributed by atoms with E-state index in [2.05, 4.69) is 11.6 Å². The Morgan fingerprint density at radius 2 is 2.23 bits per heavy atom. The molecule has 70 valence electrons. The largest absolute Gasteiger partial charge is 0.321 e. The predicted octanol–water partition coefficient (Wildman–Crippen LogP) is 2.54. The SMILES string of the molecule is C=CC(N)c1c(Cl)cc(C)nc1C. The highest BCUT2D eigenvalue weighted by molar-refractivity contribution is 6.31. The predicted molar refractivity (Wildman–Crippen MR) is 55.8 cm³/mol. The van der Waals surface area contributed by atoms with Gasteiger partial charge in [0.2, 0.25) is 0 Å². The van der Waals surface area contributed by atoms with Gasteiger partial charge >= 0.3 is 0 Å². The van der Waals surface area contributed by atoms with E-state index >= 15 is 0 Å². The molecule has 0 aliphatic heterocycles. The van der Waals surface area contributed by atoms with Gasteiger partial charge < -0.3 is 5.73 Å². The Hall–Kier alpha value is -0.860. The standard InChI is InChI=1S/C10H13ClN2/c1-4-9(12)10-7(3)13-6(2)5-8(10)11/h4-5,9H,1,12H2,2-3H3. The number of aryl methyl sites for hydroxylation is 2. The molecule has 2 N–H and O–H groups in total. The highest BCUT2D eigenvalue weighted by Gasteiger charge is 2.11. The number of rotatable bonds is 2. The first-order valence-electron chi connectivity index (χ1n) is 4.08. The Labute approximate surface area is 83.4 Å². The third-order valence-electron chi connectivity index (χ3n) is 1.91. The highest BCUT2D eigenvalue weighted by Crippen LogP contribution is 2.25. The average molecular weight is 197 g/mol. The molecule has 0 aliphatic carbocycles. The quantitative estimate of drug-likeness (QED) is 0.739. The van der Waals surface area contributed by atoms with Crippen LogP contribution in [0.15, 0.2) is 18.7 Å². The van der Waals surface area contributed by atoms with E-state index in [1.54, 1.807) is 6.08 Å². The second-order valence-corrected chi connectivity index (χ2v) is 3.41. The fourth-order valence-electron chi connectivity index (χ4n) is 1.31. The number of pyridine rings is 1. The lowest BCUT2D eigenvalue weighted by Crippen LogP contribution is -2.10. The van der Waals surface area contributed by atoms with E-state index in [0.29, 0.717) is 5.02 Å². The maximum Gasteiger partial charge on any atom is 0.0511 e. The maximum absolute atomic E-state index is 6.04. The summed E-state index contributed by atoms with van der Waals surface area (Å²) in [7, 11) is 0. The monoisotopic (exact) mass is 196 g/mol. The van der Waals surface area contributed by atoms with E-state index in [1.807, 2.05) is 19.9 Å². The van der Waals surface area contributed by atoms with Crippen LogP contribution < -0.4 is 5.73 Å². The first-order valence-corrected chi connectivity index (χ1v) is 4.46. The number of hydrogen-bond donors (Lipinski definition) is 1. The van der Waals surface area contributed by atoms with Crippen molar-refractivity contribution in [2.75, 3.05) is 0 Å². The molecule has 13 heavy (non-hydrogen) atoms. The van der Waals surface area contributed by atoms with Crippen LogP contribution in [0.2, 0.25) is 5.02 Å². The van der Waals surface area contributed by atoms with Gasteiger partial charge in [0.05, 0.1) is 6.04 Å².